The SMILES string of the molecule is Cc1csc(CNC(=O)CNC(=O)[C@@H](N)C(C)C)n1.Cl.Cl. The van der Waals surface area contributed by atoms with E-state index in [2.05, 4.69) is 15.6 Å². The van der Waals surface area contributed by atoms with Crippen molar-refractivity contribution in [2.24, 2.45) is 11.7 Å². The number of hydrogen-bond donors (Lipinski definition) is 3. The predicted molar refractivity (Wildman–Crippen MR) is 89.0 cm³/mol. The van der Waals surface area contributed by atoms with Crippen molar-refractivity contribution < 1.29 is 9.59 Å². The Morgan fingerprint density at radius 2 is 1.95 bits per heavy atom. The van der Waals surface area contributed by atoms with Gasteiger partial charge in [-0.25, -0.2) is 4.98 Å². The van der Waals surface area contributed by atoms with Crippen LogP contribution in [0.1, 0.15) is 24.5 Å². The van der Waals surface area contributed by atoms with Crippen LogP contribution in [0.25, 0.3) is 0 Å². The summed E-state index contributed by atoms with van der Waals surface area (Å²) >= 11 is 1.49. The number of nitrogens with two attached hydrogens (primary N) is 1. The molecule has 6 nitrogen and oxygen atoms in total. The number of aryl methyl sites for hydroxylation is 1. The van der Waals surface area contributed by atoms with Gasteiger partial charge in [0.05, 0.1) is 19.1 Å². The van der Waals surface area contributed by atoms with E-state index in [0.717, 1.165) is 10.7 Å². The van der Waals surface area contributed by atoms with Crippen LogP contribution in [0, 0.1) is 12.8 Å². The monoisotopic (exact) mass is 356 g/mol. The van der Waals surface area contributed by atoms with Gasteiger partial charge in [0.1, 0.15) is 5.01 Å². The number of halogens is 2. The molecule has 2 amide bonds. The molecule has 0 radical (unpaired) electrons. The van der Waals surface area contributed by atoms with Gasteiger partial charge in [-0.3, -0.25) is 9.59 Å². The van der Waals surface area contributed by atoms with E-state index in [0.29, 0.717) is 6.54 Å². The van der Waals surface area contributed by atoms with Crippen molar-refractivity contribution in [2.45, 2.75) is 33.4 Å². The number of nitrogens with one attached hydrogen (secondary N) is 2. The standard InChI is InChI=1S/C12H20N4O2S.2ClH/c1-7(2)11(13)12(18)15-4-9(17)14-5-10-16-8(3)6-19-10;;/h6-7,11H,4-5,13H2,1-3H3,(H,14,17)(H,15,18);2*1H/t11-;;/m0../s1. The highest BCUT2D eigenvalue weighted by Crippen LogP contribution is 2.07. The Labute approximate surface area is 141 Å². The Kier molecular flexibility index (Phi) is 11.5. The first-order chi connectivity index (χ1) is 8.90. The number of amides is 2. The number of thiazole rings is 1. The van der Waals surface area contributed by atoms with Crippen LogP contribution in [-0.4, -0.2) is 29.4 Å². The fourth-order valence-corrected chi connectivity index (χ4v) is 2.02. The number of hydrogen-bond acceptors (Lipinski definition) is 5. The third-order valence-corrected chi connectivity index (χ3v) is 3.51. The van der Waals surface area contributed by atoms with Gasteiger partial charge in [-0.1, -0.05) is 13.8 Å². The van der Waals surface area contributed by atoms with Crippen LogP contribution in [0.5, 0.6) is 0 Å². The summed E-state index contributed by atoms with van der Waals surface area (Å²) in [6, 6.07) is -0.589. The van der Waals surface area contributed by atoms with Crippen LogP contribution < -0.4 is 16.4 Å². The van der Waals surface area contributed by atoms with Crippen molar-refractivity contribution in [3.05, 3.63) is 16.1 Å². The maximum atomic E-state index is 11.5. The molecule has 0 saturated heterocycles. The Morgan fingerprint density at radius 3 is 2.43 bits per heavy atom. The molecule has 0 aromatic carbocycles. The van der Waals surface area contributed by atoms with Gasteiger partial charge in [0.2, 0.25) is 11.8 Å². The summed E-state index contributed by atoms with van der Waals surface area (Å²) in [7, 11) is 0. The molecule has 0 aliphatic carbocycles. The molecule has 1 heterocycles. The third kappa shape index (κ3) is 8.21. The first kappa shape index (κ1) is 22.4. The van der Waals surface area contributed by atoms with E-state index < -0.39 is 6.04 Å². The smallest absolute Gasteiger partial charge is 0.239 e. The molecule has 1 rings (SSSR count). The predicted octanol–water partition coefficient (Wildman–Crippen LogP) is 1.01. The van der Waals surface area contributed by atoms with Gasteiger partial charge in [0.25, 0.3) is 0 Å². The zero-order valence-electron chi connectivity index (χ0n) is 12.2. The van der Waals surface area contributed by atoms with Crippen LogP contribution >= 0.6 is 36.2 Å². The first-order valence-corrected chi connectivity index (χ1v) is 6.99. The molecule has 0 unspecified atom stereocenters. The molecule has 1 aromatic heterocycles. The van der Waals surface area contributed by atoms with Crippen LogP contribution in [0.4, 0.5) is 0 Å². The highest BCUT2D eigenvalue weighted by Gasteiger charge is 2.17. The number of carbonyl (C=O) groups is 2. The fourth-order valence-electron chi connectivity index (χ4n) is 1.31. The molecule has 1 atom stereocenters. The van der Waals surface area contributed by atoms with Crippen molar-refractivity contribution in [3.8, 4) is 0 Å². The Morgan fingerprint density at radius 1 is 1.33 bits per heavy atom. The normalized spacial score (nSPS) is 11.1. The average Bonchev–Trinajstić information content (AvgIpc) is 2.78. The van der Waals surface area contributed by atoms with Gasteiger partial charge in [-0.05, 0) is 12.8 Å². The molecular formula is C12H22Cl2N4O2S. The van der Waals surface area contributed by atoms with Gasteiger partial charge < -0.3 is 16.4 Å². The van der Waals surface area contributed by atoms with E-state index in [4.69, 9.17) is 5.73 Å². The zero-order chi connectivity index (χ0) is 14.4. The molecule has 122 valence electrons. The minimum Gasteiger partial charge on any atom is -0.348 e. The summed E-state index contributed by atoms with van der Waals surface area (Å²) in [5.74, 6) is -0.520. The van der Waals surface area contributed by atoms with Gasteiger partial charge in [0.15, 0.2) is 0 Å². The van der Waals surface area contributed by atoms with Gasteiger partial charge in [-0.2, -0.15) is 0 Å². The van der Waals surface area contributed by atoms with Gasteiger partial charge >= 0.3 is 0 Å². The lowest BCUT2D eigenvalue weighted by Gasteiger charge is -2.14. The Hall–Kier alpha value is -0.890. The Bertz CT molecular complexity index is 454. The molecule has 0 spiro atoms. The molecule has 9 heteroatoms. The molecule has 4 N–H and O–H groups in total. The van der Waals surface area contributed by atoms with Crippen LogP contribution in [0.2, 0.25) is 0 Å². The molecule has 0 aliphatic rings. The van der Waals surface area contributed by atoms with E-state index in [1.165, 1.54) is 11.3 Å². The highest BCUT2D eigenvalue weighted by molar-refractivity contribution is 7.09. The fraction of sp³-hybridized carbons (Fsp3) is 0.583. The van der Waals surface area contributed by atoms with E-state index in [1.807, 2.05) is 26.2 Å². The minimum atomic E-state index is -0.589. The zero-order valence-corrected chi connectivity index (χ0v) is 14.7. The number of nitrogens with zero attached hydrogens (tertiary/aromatic N) is 1. The summed E-state index contributed by atoms with van der Waals surface area (Å²) in [4.78, 5) is 27.3. The van der Waals surface area contributed by atoms with E-state index in [9.17, 15) is 9.59 Å². The summed E-state index contributed by atoms with van der Waals surface area (Å²) in [6.45, 7) is 5.92. The quantitative estimate of drug-likeness (QED) is 0.708. The largest absolute Gasteiger partial charge is 0.348 e. The molecule has 0 bridgehead atoms. The van der Waals surface area contributed by atoms with Crippen LogP contribution in [0.3, 0.4) is 0 Å². The molecule has 0 saturated carbocycles. The number of aromatic nitrogens is 1. The second kappa shape index (κ2) is 10.8. The van der Waals surface area contributed by atoms with Crippen LogP contribution in [0.15, 0.2) is 5.38 Å². The van der Waals surface area contributed by atoms with Crippen molar-refractivity contribution in [1.29, 1.82) is 0 Å². The molecular weight excluding hydrogens is 335 g/mol. The van der Waals surface area contributed by atoms with Crippen molar-refractivity contribution in [3.63, 3.8) is 0 Å². The van der Waals surface area contributed by atoms with Crippen LogP contribution in [-0.2, 0) is 16.1 Å². The lowest BCUT2D eigenvalue weighted by atomic mass is 10.1. The van der Waals surface area contributed by atoms with Gasteiger partial charge in [-0.15, -0.1) is 36.2 Å². The highest BCUT2D eigenvalue weighted by atomic mass is 35.5. The van der Waals surface area contributed by atoms with Crippen molar-refractivity contribution >= 4 is 48.0 Å². The summed E-state index contributed by atoms with van der Waals surface area (Å²) in [6.07, 6.45) is 0. The Balaban J connectivity index is 0. The lowest BCUT2D eigenvalue weighted by molar-refractivity contribution is -0.127. The van der Waals surface area contributed by atoms with Crippen molar-refractivity contribution in [1.82, 2.24) is 15.6 Å². The number of rotatable bonds is 6. The van der Waals surface area contributed by atoms with Gasteiger partial charge in [0, 0.05) is 11.1 Å². The lowest BCUT2D eigenvalue weighted by Crippen LogP contribution is -2.47. The molecule has 21 heavy (non-hydrogen) atoms. The first-order valence-electron chi connectivity index (χ1n) is 6.11. The maximum Gasteiger partial charge on any atom is 0.239 e. The summed E-state index contributed by atoms with van der Waals surface area (Å²) < 4.78 is 0. The topological polar surface area (TPSA) is 97.1 Å². The molecule has 1 aromatic rings. The summed E-state index contributed by atoms with van der Waals surface area (Å²) in [5.41, 5.74) is 6.60. The minimum absolute atomic E-state index is 0. The second-order valence-corrected chi connectivity index (χ2v) is 5.59. The van der Waals surface area contributed by atoms with E-state index in [1.54, 1.807) is 0 Å². The maximum absolute atomic E-state index is 11.5. The van der Waals surface area contributed by atoms with Crippen molar-refractivity contribution in [2.75, 3.05) is 6.54 Å². The molecule has 0 fully saturated rings. The molecule has 0 aliphatic heterocycles. The third-order valence-electron chi connectivity index (χ3n) is 2.55. The van der Waals surface area contributed by atoms with E-state index >= 15 is 0 Å². The van der Waals surface area contributed by atoms with E-state index in [-0.39, 0.29) is 49.1 Å². The second-order valence-electron chi connectivity index (χ2n) is 4.65. The summed E-state index contributed by atoms with van der Waals surface area (Å²) in [5, 5.41) is 7.97. The average molecular weight is 357 g/mol. The number of carbonyl (C=O) groups excluding carboxylic acids is 2.